The van der Waals surface area contributed by atoms with E-state index in [4.69, 9.17) is 4.74 Å². The molecule has 0 bridgehead atoms. The number of anilines is 1. The van der Waals surface area contributed by atoms with E-state index in [0.717, 1.165) is 18.7 Å². The molecule has 0 spiro atoms. The summed E-state index contributed by atoms with van der Waals surface area (Å²) in [6.45, 7) is 7.60. The largest absolute Gasteiger partial charge is 0.444 e. The average Bonchev–Trinajstić information content (AvgIpc) is 3.16. The lowest BCUT2D eigenvalue weighted by Crippen LogP contribution is -2.55. The summed E-state index contributed by atoms with van der Waals surface area (Å²) in [5, 5.41) is 0. The number of hydrogen-bond acceptors (Lipinski definition) is 5. The number of piperazine rings is 1. The van der Waals surface area contributed by atoms with Gasteiger partial charge in [-0.15, -0.1) is 0 Å². The van der Waals surface area contributed by atoms with Crippen molar-refractivity contribution < 1.29 is 27.5 Å². The van der Waals surface area contributed by atoms with E-state index in [-0.39, 0.29) is 5.91 Å². The second-order valence-corrected chi connectivity index (χ2v) is 8.55. The van der Waals surface area contributed by atoms with Gasteiger partial charge in [-0.3, -0.25) is 9.69 Å². The number of ether oxygens (including phenoxy) is 1. The SMILES string of the molecule is CC(C)(C)OC(=O)N1CCCC1C(=O)N1CCN(c2ccc(C(F)(F)F)cn2)CC1. The van der Waals surface area contributed by atoms with Crippen LogP contribution in [0.2, 0.25) is 0 Å². The topological polar surface area (TPSA) is 66.0 Å². The number of pyridine rings is 1. The molecular formula is C20H27F3N4O3. The highest BCUT2D eigenvalue weighted by molar-refractivity contribution is 5.86. The average molecular weight is 428 g/mol. The van der Waals surface area contributed by atoms with Crippen LogP contribution in [-0.2, 0) is 15.7 Å². The number of halogens is 3. The Kier molecular flexibility index (Phi) is 6.14. The van der Waals surface area contributed by atoms with Gasteiger partial charge in [-0.25, -0.2) is 9.78 Å². The maximum atomic E-state index is 13.0. The first-order valence-electron chi connectivity index (χ1n) is 10.0. The first-order chi connectivity index (χ1) is 14.0. The van der Waals surface area contributed by atoms with Gasteiger partial charge in [-0.2, -0.15) is 13.2 Å². The third kappa shape index (κ3) is 5.14. The maximum absolute atomic E-state index is 13.0. The van der Waals surface area contributed by atoms with Gasteiger partial charge in [0.05, 0.1) is 5.56 Å². The van der Waals surface area contributed by atoms with Gasteiger partial charge in [0.1, 0.15) is 17.5 Å². The molecule has 2 aliphatic rings. The summed E-state index contributed by atoms with van der Waals surface area (Å²) in [5.41, 5.74) is -1.42. The molecule has 2 saturated heterocycles. The van der Waals surface area contributed by atoms with E-state index in [1.165, 1.54) is 11.0 Å². The van der Waals surface area contributed by atoms with E-state index < -0.39 is 29.5 Å². The smallest absolute Gasteiger partial charge is 0.417 e. The van der Waals surface area contributed by atoms with Crippen molar-refractivity contribution in [2.24, 2.45) is 0 Å². The number of aromatic nitrogens is 1. The molecule has 1 atom stereocenters. The molecule has 0 aliphatic carbocycles. The van der Waals surface area contributed by atoms with Gasteiger partial charge in [0.2, 0.25) is 5.91 Å². The Morgan fingerprint density at radius 2 is 1.73 bits per heavy atom. The molecule has 2 aliphatic heterocycles. The van der Waals surface area contributed by atoms with Crippen LogP contribution in [0, 0.1) is 0 Å². The summed E-state index contributed by atoms with van der Waals surface area (Å²) in [6, 6.07) is 1.83. The molecule has 1 aromatic rings. The van der Waals surface area contributed by atoms with Crippen LogP contribution in [0.5, 0.6) is 0 Å². The van der Waals surface area contributed by atoms with Gasteiger partial charge in [0.15, 0.2) is 0 Å². The van der Waals surface area contributed by atoms with Gasteiger partial charge in [0, 0.05) is 38.9 Å². The van der Waals surface area contributed by atoms with Crippen molar-refractivity contribution in [1.82, 2.24) is 14.8 Å². The molecule has 3 rings (SSSR count). The first-order valence-corrected chi connectivity index (χ1v) is 10.0. The fourth-order valence-electron chi connectivity index (χ4n) is 3.67. The quantitative estimate of drug-likeness (QED) is 0.724. The van der Waals surface area contributed by atoms with Crippen molar-refractivity contribution in [3.05, 3.63) is 23.9 Å². The zero-order valence-corrected chi connectivity index (χ0v) is 17.4. The van der Waals surface area contributed by atoms with Crippen molar-refractivity contribution in [2.45, 2.75) is 51.4 Å². The minimum atomic E-state index is -4.42. The predicted octanol–water partition coefficient (Wildman–Crippen LogP) is 3.15. The van der Waals surface area contributed by atoms with Crippen LogP contribution < -0.4 is 4.90 Å². The summed E-state index contributed by atoms with van der Waals surface area (Å²) >= 11 is 0. The van der Waals surface area contributed by atoms with E-state index >= 15 is 0 Å². The number of rotatable bonds is 2. The zero-order valence-electron chi connectivity index (χ0n) is 17.4. The normalized spacial score (nSPS) is 20.5. The van der Waals surface area contributed by atoms with E-state index in [2.05, 4.69) is 4.98 Å². The van der Waals surface area contributed by atoms with Gasteiger partial charge in [0.25, 0.3) is 0 Å². The number of hydrogen-bond donors (Lipinski definition) is 0. The summed E-state index contributed by atoms with van der Waals surface area (Å²) in [7, 11) is 0. The lowest BCUT2D eigenvalue weighted by atomic mass is 10.1. The molecular weight excluding hydrogens is 401 g/mol. The molecule has 2 fully saturated rings. The Morgan fingerprint density at radius 1 is 1.07 bits per heavy atom. The maximum Gasteiger partial charge on any atom is 0.417 e. The van der Waals surface area contributed by atoms with Gasteiger partial charge >= 0.3 is 12.3 Å². The Labute approximate surface area is 173 Å². The lowest BCUT2D eigenvalue weighted by Gasteiger charge is -2.38. The first kappa shape index (κ1) is 22.2. The van der Waals surface area contributed by atoms with Gasteiger partial charge < -0.3 is 14.5 Å². The standard InChI is InChI=1S/C20H27F3N4O3/c1-19(2,3)30-18(29)27-8-4-5-15(27)17(28)26-11-9-25(10-12-26)16-7-6-14(13-24-16)20(21,22)23/h6-7,13,15H,4-5,8-12H2,1-3H3. The summed E-state index contributed by atoms with van der Waals surface area (Å²) in [4.78, 5) is 34.4. The fourth-order valence-corrected chi connectivity index (χ4v) is 3.67. The van der Waals surface area contributed by atoms with E-state index in [9.17, 15) is 22.8 Å². The highest BCUT2D eigenvalue weighted by atomic mass is 19.4. The molecule has 166 valence electrons. The Morgan fingerprint density at radius 3 is 2.27 bits per heavy atom. The van der Waals surface area contributed by atoms with Gasteiger partial charge in [-0.05, 0) is 45.7 Å². The third-order valence-corrected chi connectivity index (χ3v) is 5.16. The lowest BCUT2D eigenvalue weighted by molar-refractivity contribution is -0.138. The molecule has 0 radical (unpaired) electrons. The van der Waals surface area contributed by atoms with Crippen molar-refractivity contribution in [3.8, 4) is 0 Å². The van der Waals surface area contributed by atoms with Crippen molar-refractivity contribution in [2.75, 3.05) is 37.6 Å². The van der Waals surface area contributed by atoms with E-state index in [0.29, 0.717) is 45.0 Å². The number of nitrogens with zero attached hydrogens (tertiary/aromatic N) is 4. The third-order valence-electron chi connectivity index (χ3n) is 5.16. The zero-order chi connectivity index (χ0) is 22.1. The molecule has 7 nitrogen and oxygen atoms in total. The number of amides is 2. The Balaban J connectivity index is 1.58. The molecule has 1 unspecified atom stereocenters. The van der Waals surface area contributed by atoms with Crippen molar-refractivity contribution in [3.63, 3.8) is 0 Å². The Bertz CT molecular complexity index is 769. The molecule has 30 heavy (non-hydrogen) atoms. The van der Waals surface area contributed by atoms with Crippen LogP contribution in [0.25, 0.3) is 0 Å². The molecule has 2 amide bonds. The molecule has 0 N–H and O–H groups in total. The summed E-state index contributed by atoms with van der Waals surface area (Å²) in [6.07, 6.45) is -2.74. The van der Waals surface area contributed by atoms with Crippen LogP contribution in [0.15, 0.2) is 18.3 Å². The van der Waals surface area contributed by atoms with Crippen LogP contribution in [0.3, 0.4) is 0 Å². The predicted molar refractivity (Wildman–Crippen MR) is 104 cm³/mol. The highest BCUT2D eigenvalue weighted by Gasteiger charge is 2.39. The summed E-state index contributed by atoms with van der Waals surface area (Å²) < 4.78 is 43.5. The second kappa shape index (κ2) is 8.31. The fraction of sp³-hybridized carbons (Fsp3) is 0.650. The minimum Gasteiger partial charge on any atom is -0.444 e. The van der Waals surface area contributed by atoms with Crippen LogP contribution in [0.4, 0.5) is 23.8 Å². The number of likely N-dealkylation sites (tertiary alicyclic amines) is 1. The molecule has 10 heteroatoms. The van der Waals surface area contributed by atoms with Gasteiger partial charge in [-0.1, -0.05) is 0 Å². The number of carbonyl (C=O) groups excluding carboxylic acids is 2. The number of alkyl halides is 3. The monoisotopic (exact) mass is 428 g/mol. The summed E-state index contributed by atoms with van der Waals surface area (Å²) in [5.74, 6) is 0.338. The second-order valence-electron chi connectivity index (χ2n) is 8.55. The van der Waals surface area contributed by atoms with Crippen LogP contribution >= 0.6 is 0 Å². The molecule has 1 aromatic heterocycles. The highest BCUT2D eigenvalue weighted by Crippen LogP contribution is 2.29. The van der Waals surface area contributed by atoms with Crippen LogP contribution in [0.1, 0.15) is 39.2 Å². The number of carbonyl (C=O) groups is 2. The van der Waals surface area contributed by atoms with E-state index in [1.807, 2.05) is 4.90 Å². The van der Waals surface area contributed by atoms with Crippen molar-refractivity contribution >= 4 is 17.8 Å². The van der Waals surface area contributed by atoms with E-state index in [1.54, 1.807) is 25.7 Å². The Hall–Kier alpha value is -2.52. The van der Waals surface area contributed by atoms with Crippen molar-refractivity contribution in [1.29, 1.82) is 0 Å². The van der Waals surface area contributed by atoms with Crippen LogP contribution in [-0.4, -0.2) is 71.2 Å². The minimum absolute atomic E-state index is 0.113. The molecule has 3 heterocycles. The molecule has 0 saturated carbocycles. The molecule has 0 aromatic carbocycles.